The average Bonchev–Trinajstić information content (AvgIpc) is 3.02. The Morgan fingerprint density at radius 1 is 1.14 bits per heavy atom. The minimum absolute atomic E-state index is 0.176. The third-order valence-electron chi connectivity index (χ3n) is 5.54. The monoisotopic (exact) mass is 395 g/mol. The normalized spacial score (nSPS) is 13.2. The van der Waals surface area contributed by atoms with E-state index in [1.54, 1.807) is 12.3 Å². The molecule has 1 aliphatic carbocycles. The number of aromatic nitrogens is 2. The number of benzene rings is 1. The van der Waals surface area contributed by atoms with Gasteiger partial charge in [0, 0.05) is 18.4 Å². The maximum absolute atomic E-state index is 13.7. The van der Waals surface area contributed by atoms with Crippen LogP contribution in [0.3, 0.4) is 0 Å². The second-order valence-electron chi connectivity index (χ2n) is 7.44. The van der Waals surface area contributed by atoms with Crippen LogP contribution >= 0.6 is 0 Å². The molecule has 0 unspecified atom stereocenters. The number of pyridine rings is 1. The van der Waals surface area contributed by atoms with Crippen LogP contribution < -0.4 is 5.32 Å². The Balaban J connectivity index is 1.67. The molecule has 0 bridgehead atoms. The van der Waals surface area contributed by atoms with Crippen LogP contribution in [-0.2, 0) is 25.9 Å². The Kier molecular flexibility index (Phi) is 5.43. The van der Waals surface area contributed by atoms with Gasteiger partial charge in [0.15, 0.2) is 11.6 Å². The van der Waals surface area contributed by atoms with Crippen LogP contribution in [-0.4, -0.2) is 15.5 Å². The van der Waals surface area contributed by atoms with Crippen molar-refractivity contribution < 1.29 is 13.6 Å². The number of amides is 1. The number of halogens is 2. The average molecular weight is 395 g/mol. The Morgan fingerprint density at radius 2 is 1.97 bits per heavy atom. The van der Waals surface area contributed by atoms with Crippen LogP contribution in [0.25, 0.3) is 0 Å². The van der Waals surface area contributed by atoms with Gasteiger partial charge in [0.05, 0.1) is 12.2 Å². The van der Waals surface area contributed by atoms with Crippen LogP contribution in [0.1, 0.15) is 51.4 Å². The quantitative estimate of drug-likeness (QED) is 0.699. The van der Waals surface area contributed by atoms with Gasteiger partial charge in [-0.2, -0.15) is 0 Å². The van der Waals surface area contributed by atoms with E-state index in [4.69, 9.17) is 0 Å². The molecular weight excluding hydrogens is 372 g/mol. The maximum atomic E-state index is 13.7. The molecule has 29 heavy (non-hydrogen) atoms. The predicted octanol–water partition coefficient (Wildman–Crippen LogP) is 4.33. The highest BCUT2D eigenvalue weighted by molar-refractivity contribution is 5.95. The van der Waals surface area contributed by atoms with Crippen LogP contribution in [0.2, 0.25) is 0 Å². The minimum Gasteiger partial charge on any atom is -0.345 e. The highest BCUT2D eigenvalue weighted by atomic mass is 19.2. The van der Waals surface area contributed by atoms with E-state index < -0.39 is 11.6 Å². The molecule has 0 spiro atoms. The molecule has 0 radical (unpaired) electrons. The summed E-state index contributed by atoms with van der Waals surface area (Å²) >= 11 is 0. The summed E-state index contributed by atoms with van der Waals surface area (Å²) in [7, 11) is 0. The molecule has 4 rings (SSSR count). The topological polar surface area (TPSA) is 46.9 Å². The lowest BCUT2D eigenvalue weighted by molar-refractivity contribution is 0.0940. The number of hydrogen-bond acceptors (Lipinski definition) is 2. The Labute approximate surface area is 168 Å². The minimum atomic E-state index is -0.874. The molecule has 0 saturated carbocycles. The molecule has 6 heteroatoms. The fourth-order valence-electron chi connectivity index (χ4n) is 4.12. The van der Waals surface area contributed by atoms with Gasteiger partial charge in [-0.3, -0.25) is 9.78 Å². The van der Waals surface area contributed by atoms with Gasteiger partial charge in [-0.15, -0.1) is 0 Å². The summed E-state index contributed by atoms with van der Waals surface area (Å²) in [4.78, 5) is 17.3. The van der Waals surface area contributed by atoms with Crippen molar-refractivity contribution in [3.8, 4) is 0 Å². The summed E-state index contributed by atoms with van der Waals surface area (Å²) in [5.41, 5.74) is 5.31. The third-order valence-corrected chi connectivity index (χ3v) is 5.54. The summed E-state index contributed by atoms with van der Waals surface area (Å²) in [5, 5.41) is 2.96. The molecule has 4 nitrogen and oxygen atoms in total. The first-order chi connectivity index (χ1) is 14.0. The van der Waals surface area contributed by atoms with E-state index in [1.807, 2.05) is 29.7 Å². The van der Waals surface area contributed by atoms with Crippen molar-refractivity contribution in [3.05, 3.63) is 88.0 Å². The van der Waals surface area contributed by atoms with Gasteiger partial charge in [0.2, 0.25) is 0 Å². The highest BCUT2D eigenvalue weighted by Gasteiger charge is 2.26. The van der Waals surface area contributed by atoms with E-state index in [-0.39, 0.29) is 5.91 Å². The van der Waals surface area contributed by atoms with E-state index in [0.29, 0.717) is 24.3 Å². The Hall–Kier alpha value is -3.02. The predicted molar refractivity (Wildman–Crippen MR) is 107 cm³/mol. The lowest BCUT2D eigenvalue weighted by Crippen LogP contribution is -2.27. The zero-order valence-corrected chi connectivity index (χ0v) is 16.3. The fourth-order valence-corrected chi connectivity index (χ4v) is 4.12. The molecule has 0 saturated heterocycles. The van der Waals surface area contributed by atoms with Crippen LogP contribution in [0, 0.1) is 18.6 Å². The van der Waals surface area contributed by atoms with Crippen LogP contribution in [0.15, 0.2) is 42.6 Å². The Morgan fingerprint density at radius 3 is 2.72 bits per heavy atom. The maximum Gasteiger partial charge on any atom is 0.268 e. The van der Waals surface area contributed by atoms with E-state index in [0.717, 1.165) is 48.7 Å². The highest BCUT2D eigenvalue weighted by Crippen LogP contribution is 2.30. The van der Waals surface area contributed by atoms with Gasteiger partial charge in [-0.1, -0.05) is 12.1 Å². The van der Waals surface area contributed by atoms with Crippen molar-refractivity contribution >= 4 is 5.91 Å². The van der Waals surface area contributed by atoms with E-state index >= 15 is 0 Å². The molecule has 2 heterocycles. The molecule has 0 atom stereocenters. The zero-order valence-electron chi connectivity index (χ0n) is 16.3. The number of nitrogens with one attached hydrogen (secondary N) is 1. The summed E-state index contributed by atoms with van der Waals surface area (Å²) in [6.45, 7) is 2.64. The number of rotatable bonds is 5. The summed E-state index contributed by atoms with van der Waals surface area (Å²) in [5.74, 6) is -1.92. The molecule has 1 aromatic carbocycles. The number of carbonyl (C=O) groups excluding carboxylic acids is 1. The van der Waals surface area contributed by atoms with E-state index in [2.05, 4.69) is 10.3 Å². The lowest BCUT2D eigenvalue weighted by atomic mass is 9.95. The number of fused-ring (bicyclic) bond motifs is 1. The van der Waals surface area contributed by atoms with Crippen molar-refractivity contribution in [3.63, 3.8) is 0 Å². The second-order valence-corrected chi connectivity index (χ2v) is 7.44. The van der Waals surface area contributed by atoms with Crippen molar-refractivity contribution in [2.24, 2.45) is 0 Å². The van der Waals surface area contributed by atoms with Gasteiger partial charge in [-0.05, 0) is 73.6 Å². The number of carbonyl (C=O) groups is 1. The van der Waals surface area contributed by atoms with Crippen molar-refractivity contribution in [2.75, 3.05) is 0 Å². The van der Waals surface area contributed by atoms with Crippen molar-refractivity contribution in [1.29, 1.82) is 0 Å². The van der Waals surface area contributed by atoms with E-state index in [1.165, 1.54) is 11.6 Å². The van der Waals surface area contributed by atoms with Crippen molar-refractivity contribution in [1.82, 2.24) is 14.9 Å². The molecule has 150 valence electrons. The molecule has 2 aromatic heterocycles. The van der Waals surface area contributed by atoms with Crippen LogP contribution in [0.4, 0.5) is 8.78 Å². The van der Waals surface area contributed by atoms with E-state index in [9.17, 15) is 13.6 Å². The SMILES string of the molecule is Cc1c2c(n(Cc3ccc(F)c(F)c3)c1C(=O)NCc1ccccn1)CCCC2. The standard InChI is InChI=1S/C23H23F2N3O/c1-15-18-7-2-3-8-21(18)28(14-16-9-10-19(24)20(25)12-16)22(15)23(29)27-13-17-6-4-5-11-26-17/h4-6,9-12H,2-3,7-8,13-14H2,1H3,(H,27,29). The molecule has 0 fully saturated rings. The molecule has 3 aromatic rings. The van der Waals surface area contributed by atoms with Gasteiger partial charge in [0.1, 0.15) is 5.69 Å². The first-order valence-corrected chi connectivity index (χ1v) is 9.87. The lowest BCUT2D eigenvalue weighted by Gasteiger charge is -2.17. The molecule has 1 N–H and O–H groups in total. The number of nitrogens with zero attached hydrogens (tertiary/aromatic N) is 2. The summed E-state index contributed by atoms with van der Waals surface area (Å²) < 4.78 is 29.0. The van der Waals surface area contributed by atoms with Crippen LogP contribution in [0.5, 0.6) is 0 Å². The van der Waals surface area contributed by atoms with Gasteiger partial charge >= 0.3 is 0 Å². The second kappa shape index (κ2) is 8.15. The molecule has 1 aliphatic rings. The summed E-state index contributed by atoms with van der Waals surface area (Å²) in [6, 6.07) is 9.47. The largest absolute Gasteiger partial charge is 0.345 e. The Bertz CT molecular complexity index is 1040. The van der Waals surface area contributed by atoms with Gasteiger partial charge in [-0.25, -0.2) is 8.78 Å². The smallest absolute Gasteiger partial charge is 0.268 e. The molecular formula is C23H23F2N3O. The molecule has 0 aliphatic heterocycles. The number of hydrogen-bond donors (Lipinski definition) is 1. The fraction of sp³-hybridized carbons (Fsp3) is 0.304. The van der Waals surface area contributed by atoms with Gasteiger partial charge in [0.25, 0.3) is 5.91 Å². The first kappa shape index (κ1) is 19.3. The zero-order chi connectivity index (χ0) is 20.4. The first-order valence-electron chi connectivity index (χ1n) is 9.87. The molecule has 1 amide bonds. The van der Waals surface area contributed by atoms with Gasteiger partial charge < -0.3 is 9.88 Å². The third kappa shape index (κ3) is 3.92. The van der Waals surface area contributed by atoms with Crippen molar-refractivity contribution in [2.45, 2.75) is 45.7 Å². The summed E-state index contributed by atoms with van der Waals surface area (Å²) in [6.07, 6.45) is 5.66.